The Morgan fingerprint density at radius 1 is 1.56 bits per heavy atom. The molecular weight excluding hydrogens is 250 g/mol. The highest BCUT2D eigenvalue weighted by Crippen LogP contribution is 2.21. The van der Waals surface area contributed by atoms with Gasteiger partial charge in [-0.2, -0.15) is 5.10 Å². The summed E-state index contributed by atoms with van der Waals surface area (Å²) in [6, 6.07) is 0.0517. The van der Waals surface area contributed by atoms with Gasteiger partial charge in [0, 0.05) is 19.3 Å². The molecule has 0 unspecified atom stereocenters. The van der Waals surface area contributed by atoms with E-state index >= 15 is 0 Å². The van der Waals surface area contributed by atoms with Crippen LogP contribution in [0.4, 0.5) is 0 Å². The molecule has 0 radical (unpaired) electrons. The fourth-order valence-electron chi connectivity index (χ4n) is 2.23. The molecule has 2 rings (SSSR count). The van der Waals surface area contributed by atoms with Gasteiger partial charge in [0.25, 0.3) is 5.91 Å². The SMILES string of the molecule is C[C@H](NC(=O)c1nn(C)cc1Cl)C1=CCCCC1. The largest absolute Gasteiger partial charge is 0.344 e. The smallest absolute Gasteiger partial charge is 0.273 e. The van der Waals surface area contributed by atoms with Crippen LogP contribution in [0.1, 0.15) is 43.1 Å². The second-order valence-corrected chi connectivity index (χ2v) is 5.13. The van der Waals surface area contributed by atoms with E-state index in [2.05, 4.69) is 16.5 Å². The van der Waals surface area contributed by atoms with Gasteiger partial charge in [0.05, 0.1) is 5.02 Å². The third-order valence-corrected chi connectivity index (χ3v) is 3.51. The molecule has 0 aromatic carbocycles. The van der Waals surface area contributed by atoms with E-state index < -0.39 is 0 Å². The molecule has 1 aliphatic rings. The fourth-order valence-corrected chi connectivity index (χ4v) is 2.49. The predicted molar refractivity (Wildman–Crippen MR) is 71.7 cm³/mol. The molecule has 1 aliphatic carbocycles. The average molecular weight is 268 g/mol. The van der Waals surface area contributed by atoms with Crippen molar-refractivity contribution in [1.29, 1.82) is 0 Å². The number of rotatable bonds is 3. The minimum absolute atomic E-state index is 0.0517. The molecule has 1 aromatic rings. The Labute approximate surface area is 112 Å². The number of halogens is 1. The summed E-state index contributed by atoms with van der Waals surface area (Å²) in [5.74, 6) is -0.209. The molecule has 18 heavy (non-hydrogen) atoms. The molecule has 98 valence electrons. The van der Waals surface area contributed by atoms with E-state index in [4.69, 9.17) is 11.6 Å². The van der Waals surface area contributed by atoms with Gasteiger partial charge < -0.3 is 5.32 Å². The summed E-state index contributed by atoms with van der Waals surface area (Å²) >= 11 is 5.95. The van der Waals surface area contributed by atoms with Crippen molar-refractivity contribution in [2.24, 2.45) is 7.05 Å². The molecule has 1 N–H and O–H groups in total. The topological polar surface area (TPSA) is 46.9 Å². The lowest BCUT2D eigenvalue weighted by Gasteiger charge is -2.20. The van der Waals surface area contributed by atoms with Crippen LogP contribution in [0.3, 0.4) is 0 Å². The van der Waals surface area contributed by atoms with Crippen molar-refractivity contribution < 1.29 is 4.79 Å². The third kappa shape index (κ3) is 2.93. The zero-order valence-electron chi connectivity index (χ0n) is 10.7. The van der Waals surface area contributed by atoms with E-state index in [9.17, 15) is 4.79 Å². The minimum Gasteiger partial charge on any atom is -0.344 e. The second-order valence-electron chi connectivity index (χ2n) is 4.72. The van der Waals surface area contributed by atoms with Crippen LogP contribution in [0.25, 0.3) is 0 Å². The molecule has 1 aromatic heterocycles. The van der Waals surface area contributed by atoms with Crippen molar-refractivity contribution in [3.05, 3.63) is 28.6 Å². The highest BCUT2D eigenvalue weighted by Gasteiger charge is 2.19. The van der Waals surface area contributed by atoms with Crippen LogP contribution in [0, 0.1) is 0 Å². The van der Waals surface area contributed by atoms with Crippen molar-refractivity contribution in [2.75, 3.05) is 0 Å². The van der Waals surface area contributed by atoms with Gasteiger partial charge in [-0.1, -0.05) is 23.3 Å². The maximum atomic E-state index is 12.0. The first-order chi connectivity index (χ1) is 8.58. The minimum atomic E-state index is -0.209. The summed E-state index contributed by atoms with van der Waals surface area (Å²) in [4.78, 5) is 12.0. The van der Waals surface area contributed by atoms with E-state index in [-0.39, 0.29) is 11.9 Å². The van der Waals surface area contributed by atoms with Gasteiger partial charge >= 0.3 is 0 Å². The van der Waals surface area contributed by atoms with Crippen LogP contribution in [-0.2, 0) is 7.05 Å². The molecule has 0 bridgehead atoms. The zero-order chi connectivity index (χ0) is 13.1. The van der Waals surface area contributed by atoms with Crippen LogP contribution >= 0.6 is 11.6 Å². The molecule has 0 spiro atoms. The summed E-state index contributed by atoms with van der Waals surface area (Å²) in [5, 5.41) is 7.40. The van der Waals surface area contributed by atoms with E-state index in [0.717, 1.165) is 12.8 Å². The molecule has 1 heterocycles. The zero-order valence-corrected chi connectivity index (χ0v) is 11.5. The van der Waals surface area contributed by atoms with E-state index in [1.807, 2.05) is 6.92 Å². The molecule has 0 aliphatic heterocycles. The summed E-state index contributed by atoms with van der Waals surface area (Å²) in [7, 11) is 1.75. The van der Waals surface area contributed by atoms with Crippen LogP contribution < -0.4 is 5.32 Å². The number of nitrogens with one attached hydrogen (secondary N) is 1. The molecule has 1 amide bonds. The van der Waals surface area contributed by atoms with Gasteiger partial charge in [-0.05, 0) is 32.6 Å². The second kappa shape index (κ2) is 5.57. The molecule has 5 heteroatoms. The van der Waals surface area contributed by atoms with Crippen molar-refractivity contribution in [3.8, 4) is 0 Å². The van der Waals surface area contributed by atoms with Gasteiger partial charge in [0.15, 0.2) is 5.69 Å². The number of allylic oxidation sites excluding steroid dienone is 1. The number of hydrogen-bond acceptors (Lipinski definition) is 2. The lowest BCUT2D eigenvalue weighted by atomic mass is 9.95. The van der Waals surface area contributed by atoms with E-state index in [0.29, 0.717) is 10.7 Å². The lowest BCUT2D eigenvalue weighted by Crippen LogP contribution is -2.34. The van der Waals surface area contributed by atoms with Gasteiger partial charge in [0.2, 0.25) is 0 Å². The number of carbonyl (C=O) groups is 1. The van der Waals surface area contributed by atoms with E-state index in [1.165, 1.54) is 18.4 Å². The molecule has 0 saturated carbocycles. The Morgan fingerprint density at radius 3 is 2.89 bits per heavy atom. The number of hydrogen-bond donors (Lipinski definition) is 1. The highest BCUT2D eigenvalue weighted by atomic mass is 35.5. The normalized spacial score (nSPS) is 17.2. The van der Waals surface area contributed by atoms with Crippen molar-refractivity contribution in [3.63, 3.8) is 0 Å². The van der Waals surface area contributed by atoms with Gasteiger partial charge in [-0.3, -0.25) is 9.48 Å². The highest BCUT2D eigenvalue weighted by molar-refractivity contribution is 6.33. The van der Waals surface area contributed by atoms with Crippen molar-refractivity contribution in [2.45, 2.75) is 38.6 Å². The van der Waals surface area contributed by atoms with Gasteiger partial charge in [-0.15, -0.1) is 0 Å². The van der Waals surface area contributed by atoms with Crippen LogP contribution in [0.15, 0.2) is 17.8 Å². The van der Waals surface area contributed by atoms with Crippen LogP contribution in [0.2, 0.25) is 5.02 Å². The Bertz CT molecular complexity index is 479. The lowest BCUT2D eigenvalue weighted by molar-refractivity contribution is 0.0939. The molecule has 1 atom stereocenters. The standard InChI is InChI=1S/C13H18ClN3O/c1-9(10-6-4-3-5-7-10)15-13(18)12-11(14)8-17(2)16-12/h6,8-9H,3-5,7H2,1-2H3,(H,15,18)/t9-/m0/s1. The predicted octanol–water partition coefficient (Wildman–Crippen LogP) is 2.69. The molecule has 0 saturated heterocycles. The van der Waals surface area contributed by atoms with Crippen molar-refractivity contribution >= 4 is 17.5 Å². The Morgan fingerprint density at radius 2 is 2.33 bits per heavy atom. The number of amides is 1. The van der Waals surface area contributed by atoms with E-state index in [1.54, 1.807) is 17.9 Å². The maximum absolute atomic E-state index is 12.0. The van der Waals surface area contributed by atoms with Crippen LogP contribution in [-0.4, -0.2) is 21.7 Å². The third-order valence-electron chi connectivity index (χ3n) is 3.23. The van der Waals surface area contributed by atoms with Gasteiger partial charge in [-0.25, -0.2) is 0 Å². The first kappa shape index (κ1) is 13.1. The average Bonchev–Trinajstić information content (AvgIpc) is 2.69. The summed E-state index contributed by atoms with van der Waals surface area (Å²) < 4.78 is 1.54. The molecule has 0 fully saturated rings. The van der Waals surface area contributed by atoms with Gasteiger partial charge in [0.1, 0.15) is 0 Å². The Hall–Kier alpha value is -1.29. The summed E-state index contributed by atoms with van der Waals surface area (Å²) in [6.45, 7) is 2.01. The first-order valence-corrected chi connectivity index (χ1v) is 6.64. The Balaban J connectivity index is 2.03. The Kier molecular flexibility index (Phi) is 4.07. The quantitative estimate of drug-likeness (QED) is 0.856. The number of carbonyl (C=O) groups excluding carboxylic acids is 1. The number of aromatic nitrogens is 2. The van der Waals surface area contributed by atoms with Crippen molar-refractivity contribution in [1.82, 2.24) is 15.1 Å². The molecular formula is C13H18ClN3O. The summed E-state index contributed by atoms with van der Waals surface area (Å²) in [6.07, 6.45) is 8.49. The number of aryl methyl sites for hydroxylation is 1. The number of nitrogens with zero attached hydrogens (tertiary/aromatic N) is 2. The van der Waals surface area contributed by atoms with Crippen LogP contribution in [0.5, 0.6) is 0 Å². The maximum Gasteiger partial charge on any atom is 0.273 e. The first-order valence-electron chi connectivity index (χ1n) is 6.27. The monoisotopic (exact) mass is 267 g/mol. The fraction of sp³-hybridized carbons (Fsp3) is 0.538. The summed E-state index contributed by atoms with van der Waals surface area (Å²) in [5.41, 5.74) is 1.60. The molecule has 4 nitrogen and oxygen atoms in total.